The van der Waals surface area contributed by atoms with Crippen LogP contribution < -0.4 is 0 Å². The van der Waals surface area contributed by atoms with Crippen molar-refractivity contribution >= 4 is 31.7 Å². The lowest BCUT2D eigenvalue weighted by molar-refractivity contribution is 0.625. The van der Waals surface area contributed by atoms with Gasteiger partial charge in [-0.2, -0.15) is 0 Å². The summed E-state index contributed by atoms with van der Waals surface area (Å²) in [6.07, 6.45) is 1.89. The monoisotopic (exact) mass is 326 g/mol. The summed E-state index contributed by atoms with van der Waals surface area (Å²) in [4.78, 5) is 0.997. The maximum absolute atomic E-state index is 5.85. The third-order valence-corrected chi connectivity index (χ3v) is 5.46. The van der Waals surface area contributed by atoms with Crippen molar-refractivity contribution in [1.29, 1.82) is 0 Å². The molecule has 0 radical (unpaired) electrons. The van der Waals surface area contributed by atoms with Crippen LogP contribution in [0.1, 0.15) is 0 Å². The smallest absolute Gasteiger partial charge is 0.189 e. The number of fused-ring (bicyclic) bond motifs is 3. The molecule has 114 valence electrons. The van der Waals surface area contributed by atoms with Crippen LogP contribution in [-0.2, 0) is 0 Å². The second kappa shape index (κ2) is 5.36. The molecule has 0 spiro atoms. The fraction of sp³-hybridized carbons (Fsp3) is 0. The fourth-order valence-corrected chi connectivity index (χ4v) is 4.29. The van der Waals surface area contributed by atoms with E-state index in [0.29, 0.717) is 0 Å². The Bertz CT molecular complexity index is 1150. The lowest BCUT2D eigenvalue weighted by atomic mass is 9.98. The molecule has 5 rings (SSSR count). The molecule has 2 heteroatoms. The zero-order valence-electron chi connectivity index (χ0n) is 12.9. The van der Waals surface area contributed by atoms with Gasteiger partial charge in [-0.05, 0) is 28.8 Å². The molecular formula is C22H14OS. The largest absolute Gasteiger partial charge is 0.453 e. The first kappa shape index (κ1) is 13.6. The predicted octanol–water partition coefficient (Wildman–Crippen LogP) is 6.98. The van der Waals surface area contributed by atoms with Crippen LogP contribution in [0.25, 0.3) is 42.6 Å². The molecule has 0 atom stereocenters. The lowest BCUT2D eigenvalue weighted by Gasteiger charge is -2.04. The van der Waals surface area contributed by atoms with Gasteiger partial charge in [0.1, 0.15) is 6.26 Å². The highest BCUT2D eigenvalue weighted by atomic mass is 32.1. The minimum atomic E-state index is 0.997. The van der Waals surface area contributed by atoms with E-state index in [2.05, 4.69) is 72.8 Å². The van der Waals surface area contributed by atoms with Gasteiger partial charge < -0.3 is 4.42 Å². The average Bonchev–Trinajstić information content (AvgIpc) is 3.22. The first-order valence-electron chi connectivity index (χ1n) is 7.95. The summed E-state index contributed by atoms with van der Waals surface area (Å²) in [5, 5.41) is 2.49. The van der Waals surface area contributed by atoms with E-state index in [-0.39, 0.29) is 0 Å². The Labute approximate surface area is 143 Å². The molecule has 0 N–H and O–H groups in total. The van der Waals surface area contributed by atoms with Gasteiger partial charge in [0.25, 0.3) is 0 Å². The van der Waals surface area contributed by atoms with Crippen molar-refractivity contribution in [2.24, 2.45) is 0 Å². The Hall–Kier alpha value is -2.84. The summed E-state index contributed by atoms with van der Waals surface area (Å²) in [5.41, 5.74) is 4.81. The van der Waals surface area contributed by atoms with E-state index < -0.39 is 0 Å². The third-order valence-electron chi connectivity index (χ3n) is 4.40. The van der Waals surface area contributed by atoms with Gasteiger partial charge in [0.2, 0.25) is 0 Å². The van der Waals surface area contributed by atoms with E-state index >= 15 is 0 Å². The van der Waals surface area contributed by atoms with Crippen LogP contribution in [0, 0.1) is 0 Å². The highest BCUT2D eigenvalue weighted by Gasteiger charge is 2.14. The van der Waals surface area contributed by atoms with Gasteiger partial charge in [-0.25, -0.2) is 0 Å². The Morgan fingerprint density at radius 2 is 1.42 bits per heavy atom. The number of hydrogen-bond acceptors (Lipinski definition) is 2. The zero-order chi connectivity index (χ0) is 15.9. The standard InChI is InChI=1S/C22H14OS/c1-2-7-15(8-3-1)16-9-6-10-17(13-16)19-14-23-22-21(19)18-11-4-5-12-20(18)24-22/h1-14H. The van der Waals surface area contributed by atoms with Crippen molar-refractivity contribution in [1.82, 2.24) is 0 Å². The molecule has 0 saturated heterocycles. The second-order valence-electron chi connectivity index (χ2n) is 5.86. The predicted molar refractivity (Wildman–Crippen MR) is 102 cm³/mol. The average molecular weight is 326 g/mol. The second-order valence-corrected chi connectivity index (χ2v) is 6.87. The number of furan rings is 1. The summed E-state index contributed by atoms with van der Waals surface area (Å²) in [6, 6.07) is 27.6. The van der Waals surface area contributed by atoms with Crippen LogP contribution in [0.4, 0.5) is 0 Å². The Morgan fingerprint density at radius 3 is 2.33 bits per heavy atom. The van der Waals surface area contributed by atoms with Crippen LogP contribution in [-0.4, -0.2) is 0 Å². The van der Waals surface area contributed by atoms with Gasteiger partial charge in [0.05, 0.1) is 0 Å². The Balaban J connectivity index is 1.73. The highest BCUT2D eigenvalue weighted by Crippen LogP contribution is 2.41. The maximum Gasteiger partial charge on any atom is 0.189 e. The lowest BCUT2D eigenvalue weighted by Crippen LogP contribution is -1.80. The van der Waals surface area contributed by atoms with Gasteiger partial charge in [-0.15, -0.1) is 0 Å². The highest BCUT2D eigenvalue weighted by molar-refractivity contribution is 7.25. The molecule has 0 fully saturated rings. The van der Waals surface area contributed by atoms with E-state index in [1.54, 1.807) is 11.3 Å². The molecule has 3 aromatic carbocycles. The van der Waals surface area contributed by atoms with E-state index in [1.165, 1.54) is 37.7 Å². The normalized spacial score (nSPS) is 11.3. The molecule has 0 unspecified atom stereocenters. The summed E-state index contributed by atoms with van der Waals surface area (Å²) in [7, 11) is 0. The third kappa shape index (κ3) is 2.08. The molecule has 0 aliphatic heterocycles. The van der Waals surface area contributed by atoms with Gasteiger partial charge in [-0.3, -0.25) is 0 Å². The molecule has 0 aliphatic carbocycles. The van der Waals surface area contributed by atoms with Crippen LogP contribution >= 0.6 is 11.3 Å². The van der Waals surface area contributed by atoms with Crippen molar-refractivity contribution in [3.05, 3.63) is 85.1 Å². The van der Waals surface area contributed by atoms with Crippen LogP contribution in [0.3, 0.4) is 0 Å². The molecule has 2 aromatic heterocycles. The van der Waals surface area contributed by atoms with Crippen LogP contribution in [0.2, 0.25) is 0 Å². The molecule has 2 heterocycles. The number of benzene rings is 3. The van der Waals surface area contributed by atoms with Crippen molar-refractivity contribution in [3.63, 3.8) is 0 Å². The van der Waals surface area contributed by atoms with E-state index in [1.807, 2.05) is 12.3 Å². The SMILES string of the molecule is c1ccc(-c2cccc(-c3coc4sc5ccccc5c34)c2)cc1. The van der Waals surface area contributed by atoms with Gasteiger partial charge in [0.15, 0.2) is 4.90 Å². The van der Waals surface area contributed by atoms with E-state index in [4.69, 9.17) is 4.42 Å². The zero-order valence-corrected chi connectivity index (χ0v) is 13.7. The van der Waals surface area contributed by atoms with Gasteiger partial charge >= 0.3 is 0 Å². The number of hydrogen-bond donors (Lipinski definition) is 0. The van der Waals surface area contributed by atoms with Crippen LogP contribution in [0.5, 0.6) is 0 Å². The molecule has 0 saturated carbocycles. The summed E-state index contributed by atoms with van der Waals surface area (Å²) in [5.74, 6) is 0. The van der Waals surface area contributed by atoms with Crippen molar-refractivity contribution < 1.29 is 4.42 Å². The minimum Gasteiger partial charge on any atom is -0.453 e. The number of thiophene rings is 1. The fourth-order valence-electron chi connectivity index (χ4n) is 3.24. The maximum atomic E-state index is 5.85. The summed E-state index contributed by atoms with van der Waals surface area (Å²) in [6.45, 7) is 0. The van der Waals surface area contributed by atoms with Crippen LogP contribution in [0.15, 0.2) is 89.5 Å². The van der Waals surface area contributed by atoms with Gasteiger partial charge in [0, 0.05) is 21.0 Å². The quantitative estimate of drug-likeness (QED) is 0.341. The molecule has 0 bridgehead atoms. The Morgan fingerprint density at radius 1 is 0.667 bits per heavy atom. The topological polar surface area (TPSA) is 13.1 Å². The molecule has 24 heavy (non-hydrogen) atoms. The summed E-state index contributed by atoms with van der Waals surface area (Å²) >= 11 is 1.71. The summed E-state index contributed by atoms with van der Waals surface area (Å²) < 4.78 is 7.12. The molecule has 5 aromatic rings. The molecule has 1 nitrogen and oxygen atoms in total. The van der Waals surface area contributed by atoms with Crippen molar-refractivity contribution in [2.45, 2.75) is 0 Å². The minimum absolute atomic E-state index is 0.997. The van der Waals surface area contributed by atoms with Gasteiger partial charge in [-0.1, -0.05) is 78.1 Å². The van der Waals surface area contributed by atoms with Crippen molar-refractivity contribution in [2.75, 3.05) is 0 Å². The molecular weight excluding hydrogens is 312 g/mol. The van der Waals surface area contributed by atoms with E-state index in [0.717, 1.165) is 4.90 Å². The molecule has 0 aliphatic rings. The first-order chi connectivity index (χ1) is 11.9. The Kier molecular flexibility index (Phi) is 3.03. The molecule has 0 amide bonds. The number of rotatable bonds is 2. The first-order valence-corrected chi connectivity index (χ1v) is 8.76. The van der Waals surface area contributed by atoms with Crippen molar-refractivity contribution in [3.8, 4) is 22.3 Å². The van der Waals surface area contributed by atoms with E-state index in [9.17, 15) is 0 Å².